The number of carbonyl (C=O) groups excluding carboxylic acids is 1. The molecule has 0 atom stereocenters. The molecule has 0 bridgehead atoms. The molecule has 0 unspecified atom stereocenters. The van der Waals surface area contributed by atoms with Crippen molar-refractivity contribution in [1.82, 2.24) is 14.4 Å². The van der Waals surface area contributed by atoms with Crippen LogP contribution in [0.5, 0.6) is 0 Å². The van der Waals surface area contributed by atoms with Crippen molar-refractivity contribution in [3.8, 4) is 0 Å². The highest BCUT2D eigenvalue weighted by atomic mass is 16.1. The van der Waals surface area contributed by atoms with Crippen molar-refractivity contribution in [2.45, 2.75) is 6.92 Å². The van der Waals surface area contributed by atoms with Gasteiger partial charge in [0.1, 0.15) is 17.7 Å². The van der Waals surface area contributed by atoms with E-state index in [0.717, 1.165) is 5.65 Å². The molecule has 4 nitrogen and oxygen atoms in total. The normalized spacial score (nSPS) is 10.4. The molecule has 4 heteroatoms. The SMILES string of the molecule is CC(=O)c1cn2cnccc2n1. The van der Waals surface area contributed by atoms with Gasteiger partial charge >= 0.3 is 0 Å². The van der Waals surface area contributed by atoms with Gasteiger partial charge in [-0.25, -0.2) is 9.97 Å². The minimum Gasteiger partial charge on any atom is -0.293 e. The number of aromatic nitrogens is 3. The zero-order chi connectivity index (χ0) is 8.55. The van der Waals surface area contributed by atoms with Crippen molar-refractivity contribution in [3.05, 3.63) is 30.5 Å². The standard InChI is InChI=1S/C8H7N3O/c1-6(12)7-4-11-5-9-3-2-8(11)10-7/h2-5H,1H3. The van der Waals surface area contributed by atoms with Gasteiger partial charge in [-0.2, -0.15) is 0 Å². The maximum Gasteiger partial charge on any atom is 0.179 e. The fraction of sp³-hybridized carbons (Fsp3) is 0.125. The largest absolute Gasteiger partial charge is 0.293 e. The van der Waals surface area contributed by atoms with Crippen LogP contribution in [0.1, 0.15) is 17.4 Å². The molecule has 0 radical (unpaired) electrons. The predicted molar refractivity (Wildman–Crippen MR) is 43.0 cm³/mol. The van der Waals surface area contributed by atoms with Gasteiger partial charge in [-0.15, -0.1) is 0 Å². The van der Waals surface area contributed by atoms with Gasteiger partial charge in [0.05, 0.1) is 0 Å². The summed E-state index contributed by atoms with van der Waals surface area (Å²) in [6.45, 7) is 1.50. The summed E-state index contributed by atoms with van der Waals surface area (Å²) in [5, 5.41) is 0. The molecule has 0 saturated carbocycles. The van der Waals surface area contributed by atoms with Crippen molar-refractivity contribution in [3.63, 3.8) is 0 Å². The Morgan fingerprint density at radius 2 is 2.42 bits per heavy atom. The third-order valence-corrected chi connectivity index (χ3v) is 1.62. The molecule has 60 valence electrons. The number of hydrogen-bond donors (Lipinski definition) is 0. The summed E-state index contributed by atoms with van der Waals surface area (Å²) in [5.41, 5.74) is 1.22. The Bertz CT molecular complexity index is 400. The van der Waals surface area contributed by atoms with Crippen LogP contribution in [0.15, 0.2) is 24.8 Å². The Balaban J connectivity index is 2.70. The van der Waals surface area contributed by atoms with Gasteiger partial charge in [0.15, 0.2) is 5.78 Å². The van der Waals surface area contributed by atoms with E-state index in [-0.39, 0.29) is 5.78 Å². The summed E-state index contributed by atoms with van der Waals surface area (Å²) in [6, 6.07) is 1.76. The molecule has 2 aromatic heterocycles. The first-order valence-electron chi connectivity index (χ1n) is 3.57. The summed E-state index contributed by atoms with van der Waals surface area (Å²) in [4.78, 5) is 18.9. The van der Waals surface area contributed by atoms with E-state index in [0.29, 0.717) is 5.69 Å². The lowest BCUT2D eigenvalue weighted by Gasteiger charge is -1.85. The zero-order valence-corrected chi connectivity index (χ0v) is 6.56. The van der Waals surface area contributed by atoms with Crippen molar-refractivity contribution >= 4 is 11.4 Å². The van der Waals surface area contributed by atoms with E-state index in [1.807, 2.05) is 0 Å². The molecule has 0 N–H and O–H groups in total. The van der Waals surface area contributed by atoms with Crippen LogP contribution in [0.3, 0.4) is 0 Å². The first kappa shape index (κ1) is 6.97. The van der Waals surface area contributed by atoms with E-state index < -0.39 is 0 Å². The van der Waals surface area contributed by atoms with Crippen LogP contribution in [0.25, 0.3) is 5.65 Å². The lowest BCUT2D eigenvalue weighted by molar-refractivity contribution is 0.101. The van der Waals surface area contributed by atoms with Gasteiger partial charge in [-0.05, 0) is 6.07 Å². The van der Waals surface area contributed by atoms with Gasteiger partial charge in [0.2, 0.25) is 0 Å². The van der Waals surface area contributed by atoms with Crippen molar-refractivity contribution in [2.24, 2.45) is 0 Å². The minimum absolute atomic E-state index is 0.0290. The average Bonchev–Trinajstić information content (AvgIpc) is 2.46. The predicted octanol–water partition coefficient (Wildman–Crippen LogP) is 0.932. The molecule has 0 aliphatic carbocycles. The Hall–Kier alpha value is -1.71. The topological polar surface area (TPSA) is 47.3 Å². The highest BCUT2D eigenvalue weighted by Crippen LogP contribution is 2.02. The zero-order valence-electron chi connectivity index (χ0n) is 6.56. The fourth-order valence-corrected chi connectivity index (χ4v) is 1.01. The molecular weight excluding hydrogens is 154 g/mol. The molecule has 0 aliphatic heterocycles. The van der Waals surface area contributed by atoms with Gasteiger partial charge in [0.25, 0.3) is 0 Å². The van der Waals surface area contributed by atoms with E-state index in [4.69, 9.17) is 0 Å². The van der Waals surface area contributed by atoms with E-state index in [2.05, 4.69) is 9.97 Å². The maximum atomic E-state index is 10.9. The highest BCUT2D eigenvalue weighted by Gasteiger charge is 2.03. The van der Waals surface area contributed by atoms with E-state index >= 15 is 0 Å². The molecule has 0 amide bonds. The number of fused-ring (bicyclic) bond motifs is 1. The molecule has 0 aromatic carbocycles. The molecule has 0 fully saturated rings. The number of ketones is 1. The second kappa shape index (κ2) is 2.41. The van der Waals surface area contributed by atoms with Gasteiger partial charge in [-0.3, -0.25) is 9.20 Å². The average molecular weight is 161 g/mol. The van der Waals surface area contributed by atoms with Gasteiger partial charge < -0.3 is 0 Å². The smallest absolute Gasteiger partial charge is 0.179 e. The van der Waals surface area contributed by atoms with Crippen LogP contribution in [0.2, 0.25) is 0 Å². The number of carbonyl (C=O) groups is 1. The summed E-state index contributed by atoms with van der Waals surface area (Å²) in [6.07, 6.45) is 4.94. The summed E-state index contributed by atoms with van der Waals surface area (Å²) < 4.78 is 1.72. The third kappa shape index (κ3) is 0.972. The van der Waals surface area contributed by atoms with Crippen molar-refractivity contribution in [1.29, 1.82) is 0 Å². The molecule has 12 heavy (non-hydrogen) atoms. The third-order valence-electron chi connectivity index (χ3n) is 1.62. The van der Waals surface area contributed by atoms with E-state index in [1.165, 1.54) is 6.92 Å². The van der Waals surface area contributed by atoms with Crippen molar-refractivity contribution < 1.29 is 4.79 Å². The molecule has 2 aromatic rings. The quantitative estimate of drug-likeness (QED) is 0.584. The lowest BCUT2D eigenvalue weighted by atomic mass is 10.3. The summed E-state index contributed by atoms with van der Waals surface area (Å²) in [7, 11) is 0. The molecular formula is C8H7N3O. The Morgan fingerprint density at radius 3 is 3.08 bits per heavy atom. The van der Waals surface area contributed by atoms with E-state index in [1.54, 1.807) is 29.2 Å². The number of imidazole rings is 1. The van der Waals surface area contributed by atoms with Crippen molar-refractivity contribution in [2.75, 3.05) is 0 Å². The second-order valence-electron chi connectivity index (χ2n) is 2.53. The number of hydrogen-bond acceptors (Lipinski definition) is 3. The van der Waals surface area contributed by atoms with E-state index in [9.17, 15) is 4.79 Å². The Kier molecular flexibility index (Phi) is 1.40. The van der Waals surface area contributed by atoms with Crippen LogP contribution >= 0.6 is 0 Å². The first-order valence-corrected chi connectivity index (χ1v) is 3.57. The summed E-state index contributed by atoms with van der Waals surface area (Å²) in [5.74, 6) is -0.0290. The summed E-state index contributed by atoms with van der Waals surface area (Å²) >= 11 is 0. The molecule has 0 saturated heterocycles. The highest BCUT2D eigenvalue weighted by molar-refractivity contribution is 5.92. The van der Waals surface area contributed by atoms with Crippen LogP contribution in [-0.4, -0.2) is 20.2 Å². The lowest BCUT2D eigenvalue weighted by Crippen LogP contribution is -1.89. The molecule has 0 aliphatic rings. The maximum absolute atomic E-state index is 10.9. The second-order valence-corrected chi connectivity index (χ2v) is 2.53. The van der Waals surface area contributed by atoms with Crippen LogP contribution in [0.4, 0.5) is 0 Å². The molecule has 2 rings (SSSR count). The minimum atomic E-state index is -0.0290. The molecule has 2 heterocycles. The van der Waals surface area contributed by atoms with Crippen LogP contribution in [0, 0.1) is 0 Å². The first-order chi connectivity index (χ1) is 5.77. The Morgan fingerprint density at radius 1 is 1.58 bits per heavy atom. The van der Waals surface area contributed by atoms with Crippen LogP contribution in [-0.2, 0) is 0 Å². The monoisotopic (exact) mass is 161 g/mol. The Labute approximate surface area is 68.9 Å². The number of nitrogens with zero attached hydrogens (tertiary/aromatic N) is 3. The molecule has 0 spiro atoms. The number of Topliss-reactive ketones (excluding diaryl/α,β-unsaturated/α-hetero) is 1. The van der Waals surface area contributed by atoms with Crippen LogP contribution < -0.4 is 0 Å². The fourth-order valence-electron chi connectivity index (χ4n) is 1.01. The number of rotatable bonds is 1. The van der Waals surface area contributed by atoms with Gasteiger partial charge in [0, 0.05) is 19.3 Å². The van der Waals surface area contributed by atoms with Gasteiger partial charge in [-0.1, -0.05) is 0 Å².